The second-order valence-electron chi connectivity index (χ2n) is 13.2. The number of esters is 2. The zero-order valence-corrected chi connectivity index (χ0v) is 28.5. The van der Waals surface area contributed by atoms with Gasteiger partial charge in [0.15, 0.2) is 5.75 Å². The number of carbonyl (C=O) groups is 3. The van der Waals surface area contributed by atoms with E-state index in [1.165, 1.54) is 5.56 Å². The van der Waals surface area contributed by atoms with Crippen LogP contribution in [0.2, 0.25) is 0 Å². The SMILES string of the molecule is CCOC(=O)CCCCCOC(=O)CCC(=O)N1CCN(c2cc3c(c4ccccc24)N=CC2(O3)N(C)c3ccccc3C2(C)C)CC1. The van der Waals surface area contributed by atoms with Gasteiger partial charge in [-0.25, -0.2) is 0 Å². The summed E-state index contributed by atoms with van der Waals surface area (Å²) in [5, 5.41) is 2.13. The molecule has 3 aromatic rings. The van der Waals surface area contributed by atoms with E-state index < -0.39 is 5.72 Å². The molecule has 0 aliphatic carbocycles. The lowest BCUT2D eigenvalue weighted by Crippen LogP contribution is -2.61. The second-order valence-corrected chi connectivity index (χ2v) is 13.2. The number of nitrogens with zero attached hydrogens (tertiary/aromatic N) is 4. The summed E-state index contributed by atoms with van der Waals surface area (Å²) < 4.78 is 17.3. The Bertz CT molecular complexity index is 1710. The molecule has 3 aliphatic rings. The number of rotatable bonds is 11. The first-order valence-corrected chi connectivity index (χ1v) is 17.1. The van der Waals surface area contributed by atoms with Crippen molar-refractivity contribution in [1.82, 2.24) is 4.90 Å². The number of benzene rings is 3. The average Bonchev–Trinajstić information content (AvgIpc) is 3.26. The fourth-order valence-corrected chi connectivity index (χ4v) is 7.27. The minimum atomic E-state index is -0.778. The number of unbranched alkanes of at least 4 members (excludes halogenated alkanes) is 2. The molecule has 10 nitrogen and oxygen atoms in total. The fraction of sp³-hybridized carbons (Fsp3) is 0.474. The smallest absolute Gasteiger partial charge is 0.306 e. The van der Waals surface area contributed by atoms with Gasteiger partial charge in [-0.1, -0.05) is 42.5 Å². The number of likely N-dealkylation sites (N-methyl/N-ethyl adjacent to an activating group) is 1. The van der Waals surface area contributed by atoms with Crippen molar-refractivity contribution in [3.05, 3.63) is 60.2 Å². The second kappa shape index (κ2) is 13.9. The summed E-state index contributed by atoms with van der Waals surface area (Å²) >= 11 is 0. The van der Waals surface area contributed by atoms with E-state index in [1.54, 1.807) is 6.92 Å². The van der Waals surface area contributed by atoms with Crippen LogP contribution in [0.15, 0.2) is 59.6 Å². The molecule has 0 N–H and O–H groups in total. The van der Waals surface area contributed by atoms with E-state index in [0.29, 0.717) is 58.7 Å². The maximum atomic E-state index is 13.0. The molecule has 0 saturated carbocycles. The van der Waals surface area contributed by atoms with Crippen LogP contribution in [0.4, 0.5) is 17.1 Å². The molecule has 3 heterocycles. The highest BCUT2D eigenvalue weighted by Gasteiger charge is 2.58. The van der Waals surface area contributed by atoms with Gasteiger partial charge in [0.1, 0.15) is 5.69 Å². The predicted octanol–water partition coefficient (Wildman–Crippen LogP) is 6.15. The lowest BCUT2D eigenvalue weighted by Gasteiger charge is -2.45. The van der Waals surface area contributed by atoms with Gasteiger partial charge in [0, 0.05) is 74.3 Å². The molecular weight excluding hydrogens is 608 g/mol. The fourth-order valence-electron chi connectivity index (χ4n) is 7.27. The Labute approximate surface area is 282 Å². The number of fused-ring (bicyclic) bond motifs is 4. The van der Waals surface area contributed by atoms with E-state index >= 15 is 0 Å². The maximum absolute atomic E-state index is 13.0. The Balaban J connectivity index is 1.07. The number of carbonyl (C=O) groups excluding carboxylic acids is 3. The van der Waals surface area contributed by atoms with Gasteiger partial charge in [0.25, 0.3) is 0 Å². The van der Waals surface area contributed by atoms with Crippen LogP contribution in [0.25, 0.3) is 10.8 Å². The number of anilines is 2. The van der Waals surface area contributed by atoms with Gasteiger partial charge in [-0.05, 0) is 51.7 Å². The summed E-state index contributed by atoms with van der Waals surface area (Å²) in [6.07, 6.45) is 4.69. The van der Waals surface area contributed by atoms with Gasteiger partial charge in [-0.2, -0.15) is 0 Å². The Hall–Kier alpha value is -4.60. The molecule has 48 heavy (non-hydrogen) atoms. The minimum Gasteiger partial charge on any atom is -0.466 e. The first kappa shape index (κ1) is 33.3. The lowest BCUT2D eigenvalue weighted by atomic mass is 9.77. The average molecular weight is 655 g/mol. The van der Waals surface area contributed by atoms with Gasteiger partial charge in [-0.3, -0.25) is 19.4 Å². The van der Waals surface area contributed by atoms with Crippen molar-refractivity contribution in [1.29, 1.82) is 0 Å². The molecule has 6 rings (SSSR count). The molecule has 0 radical (unpaired) electrons. The van der Waals surface area contributed by atoms with Crippen LogP contribution in [-0.4, -0.2) is 81.1 Å². The van der Waals surface area contributed by atoms with Gasteiger partial charge in [0.2, 0.25) is 11.6 Å². The number of ether oxygens (including phenoxy) is 3. The van der Waals surface area contributed by atoms with E-state index in [-0.39, 0.29) is 36.1 Å². The summed E-state index contributed by atoms with van der Waals surface area (Å²) in [5.74, 6) is 0.138. The standard InChI is InChI=1S/C38H46N4O6/c1-5-46-34(44)17-7-6-12-24-47-35(45)19-18-33(43)42-22-20-41(21-23-42)31-25-32-36(28-14-9-8-13-27(28)31)39-26-38(48-32)37(2,3)29-15-10-11-16-30(29)40(38)4/h8-11,13-16,25-26H,5-7,12,17-24H2,1-4H3. The normalized spacial score (nSPS) is 19.2. The molecule has 1 fully saturated rings. The van der Waals surface area contributed by atoms with Crippen LogP contribution in [0.3, 0.4) is 0 Å². The van der Waals surface area contributed by atoms with Gasteiger partial charge in [-0.15, -0.1) is 0 Å². The third kappa shape index (κ3) is 6.20. The number of aliphatic imine (C=N–C) groups is 1. The Kier molecular flexibility index (Phi) is 9.62. The molecule has 1 atom stereocenters. The molecule has 3 aliphatic heterocycles. The quantitative estimate of drug-likeness (QED) is 0.179. The van der Waals surface area contributed by atoms with Crippen LogP contribution < -0.4 is 14.5 Å². The van der Waals surface area contributed by atoms with Gasteiger partial charge in [0.05, 0.1) is 31.3 Å². The zero-order chi connectivity index (χ0) is 33.9. The summed E-state index contributed by atoms with van der Waals surface area (Å²) in [5.41, 5.74) is 3.12. The predicted molar refractivity (Wildman–Crippen MR) is 187 cm³/mol. The summed E-state index contributed by atoms with van der Waals surface area (Å²) in [6.45, 7) is 9.33. The zero-order valence-electron chi connectivity index (χ0n) is 28.5. The van der Waals surface area contributed by atoms with Crippen LogP contribution in [0.5, 0.6) is 5.75 Å². The van der Waals surface area contributed by atoms with Crippen LogP contribution in [0.1, 0.15) is 64.9 Å². The largest absolute Gasteiger partial charge is 0.466 e. The number of hydrogen-bond donors (Lipinski definition) is 0. The molecule has 10 heteroatoms. The Morgan fingerprint density at radius 2 is 1.54 bits per heavy atom. The topological polar surface area (TPSA) is 101 Å². The van der Waals surface area contributed by atoms with Crippen LogP contribution in [0, 0.1) is 0 Å². The highest BCUT2D eigenvalue weighted by atomic mass is 16.5. The maximum Gasteiger partial charge on any atom is 0.306 e. The molecule has 0 bridgehead atoms. The van der Waals surface area contributed by atoms with Crippen molar-refractivity contribution in [2.75, 3.05) is 56.2 Å². The minimum absolute atomic E-state index is 0.0398. The first-order valence-electron chi connectivity index (χ1n) is 17.1. The van der Waals surface area contributed by atoms with Crippen molar-refractivity contribution in [3.8, 4) is 5.75 Å². The Morgan fingerprint density at radius 1 is 0.833 bits per heavy atom. The van der Waals surface area contributed by atoms with Crippen molar-refractivity contribution in [3.63, 3.8) is 0 Å². The van der Waals surface area contributed by atoms with Crippen molar-refractivity contribution in [2.45, 2.75) is 70.4 Å². The number of hydrogen-bond acceptors (Lipinski definition) is 9. The highest BCUT2D eigenvalue weighted by molar-refractivity contribution is 6.06. The van der Waals surface area contributed by atoms with Gasteiger partial charge >= 0.3 is 11.9 Å². The number of para-hydroxylation sites is 1. The van der Waals surface area contributed by atoms with Crippen molar-refractivity contribution < 1.29 is 28.6 Å². The van der Waals surface area contributed by atoms with Crippen LogP contribution in [-0.2, 0) is 29.3 Å². The molecule has 1 amide bonds. The summed E-state index contributed by atoms with van der Waals surface area (Å²) in [4.78, 5) is 48.1. The van der Waals surface area contributed by atoms with E-state index in [9.17, 15) is 14.4 Å². The molecule has 254 valence electrons. The summed E-state index contributed by atoms with van der Waals surface area (Å²) in [6, 6.07) is 18.8. The number of piperazine rings is 1. The highest BCUT2D eigenvalue weighted by Crippen LogP contribution is 2.55. The molecule has 1 unspecified atom stereocenters. The molecule has 1 saturated heterocycles. The first-order chi connectivity index (χ1) is 23.2. The van der Waals surface area contributed by atoms with E-state index in [2.05, 4.69) is 73.2 Å². The molecule has 0 aromatic heterocycles. The Morgan fingerprint density at radius 3 is 2.29 bits per heavy atom. The third-order valence-electron chi connectivity index (χ3n) is 10.0. The lowest BCUT2D eigenvalue weighted by molar-refractivity contribution is -0.146. The van der Waals surface area contributed by atoms with E-state index in [1.807, 2.05) is 23.2 Å². The molecular formula is C38H46N4O6. The monoisotopic (exact) mass is 654 g/mol. The van der Waals surface area contributed by atoms with E-state index in [4.69, 9.17) is 19.2 Å². The van der Waals surface area contributed by atoms with Crippen molar-refractivity contribution >= 4 is 51.9 Å². The van der Waals surface area contributed by atoms with Crippen LogP contribution >= 0.6 is 0 Å². The molecule has 1 spiro atoms. The van der Waals surface area contributed by atoms with E-state index in [0.717, 1.165) is 40.0 Å². The van der Waals surface area contributed by atoms with Crippen molar-refractivity contribution in [2.24, 2.45) is 4.99 Å². The number of amides is 1. The third-order valence-corrected chi connectivity index (χ3v) is 10.0. The van der Waals surface area contributed by atoms with Gasteiger partial charge < -0.3 is 28.9 Å². The summed E-state index contributed by atoms with van der Waals surface area (Å²) in [7, 11) is 2.07. The molecule has 3 aromatic carbocycles.